The lowest BCUT2D eigenvalue weighted by molar-refractivity contribution is -0.127. The van der Waals surface area contributed by atoms with Gasteiger partial charge in [-0.25, -0.2) is 4.98 Å². The molecule has 1 saturated heterocycles. The third-order valence-corrected chi connectivity index (χ3v) is 9.14. The number of aromatic nitrogens is 1. The van der Waals surface area contributed by atoms with E-state index in [1.807, 2.05) is 60.4 Å². The largest absolute Gasteiger partial charge is 0.497 e. The number of benzene rings is 4. The number of nitrogens with zero attached hydrogens (tertiary/aromatic N) is 4. The maximum absolute atomic E-state index is 13.1. The molecule has 0 bridgehead atoms. The molecule has 0 N–H and O–H groups in total. The molecule has 9 nitrogen and oxygen atoms in total. The maximum atomic E-state index is 13.1. The molecule has 4 aromatic carbocycles. The number of carbonyl (C=O) groups is 1. The minimum Gasteiger partial charge on any atom is -0.497 e. The molecule has 5 aromatic rings. The van der Waals surface area contributed by atoms with Crippen molar-refractivity contribution in [3.05, 3.63) is 154 Å². The van der Waals surface area contributed by atoms with E-state index in [1.54, 1.807) is 55.8 Å². The number of piperazine rings is 1. The van der Waals surface area contributed by atoms with Crippen molar-refractivity contribution in [2.24, 2.45) is 0 Å². The van der Waals surface area contributed by atoms with Crippen molar-refractivity contribution in [1.82, 2.24) is 14.8 Å². The molecule has 274 valence electrons. The first kappa shape index (κ1) is 37.7. The van der Waals surface area contributed by atoms with Gasteiger partial charge < -0.3 is 23.8 Å². The van der Waals surface area contributed by atoms with Crippen LogP contribution >= 0.6 is 11.6 Å². The summed E-state index contributed by atoms with van der Waals surface area (Å²) in [6.45, 7) is 6.51. The molecular weight excluding hydrogens is 700 g/mol. The van der Waals surface area contributed by atoms with Gasteiger partial charge >= 0.3 is 0 Å². The van der Waals surface area contributed by atoms with Gasteiger partial charge in [-0.05, 0) is 101 Å². The van der Waals surface area contributed by atoms with E-state index in [4.69, 9.17) is 35.8 Å². The third kappa shape index (κ3) is 10.7. The van der Waals surface area contributed by atoms with Gasteiger partial charge in [0.15, 0.2) is 5.75 Å². The fourth-order valence-corrected chi connectivity index (χ4v) is 6.15. The van der Waals surface area contributed by atoms with Crippen LogP contribution in [0.15, 0.2) is 115 Å². The van der Waals surface area contributed by atoms with Crippen molar-refractivity contribution < 1.29 is 23.7 Å². The van der Waals surface area contributed by atoms with Crippen LogP contribution in [-0.2, 0) is 17.9 Å². The van der Waals surface area contributed by atoms with Crippen molar-refractivity contribution in [1.29, 1.82) is 5.26 Å². The summed E-state index contributed by atoms with van der Waals surface area (Å²) < 4.78 is 22.8. The van der Waals surface area contributed by atoms with Gasteiger partial charge in [-0.1, -0.05) is 54.1 Å². The van der Waals surface area contributed by atoms with Crippen molar-refractivity contribution >= 4 is 29.7 Å². The second-order valence-corrected chi connectivity index (χ2v) is 13.2. The van der Waals surface area contributed by atoms with Crippen LogP contribution in [0.4, 0.5) is 0 Å². The summed E-state index contributed by atoms with van der Waals surface area (Å²) >= 11 is 6.62. The zero-order chi connectivity index (χ0) is 37.7. The van der Waals surface area contributed by atoms with Gasteiger partial charge in [0, 0.05) is 44.9 Å². The number of nitriles is 1. The molecule has 0 radical (unpaired) electrons. The highest BCUT2D eigenvalue weighted by molar-refractivity contribution is 6.32. The average Bonchev–Trinajstić information content (AvgIpc) is 3.21. The highest BCUT2D eigenvalue weighted by atomic mass is 35.5. The Morgan fingerprint density at radius 3 is 2.20 bits per heavy atom. The Morgan fingerprint density at radius 2 is 1.54 bits per heavy atom. The van der Waals surface area contributed by atoms with E-state index in [0.29, 0.717) is 54.3 Å². The van der Waals surface area contributed by atoms with Gasteiger partial charge in [0.2, 0.25) is 11.8 Å². The molecule has 2 heterocycles. The van der Waals surface area contributed by atoms with Crippen molar-refractivity contribution in [2.75, 3.05) is 39.9 Å². The molecule has 1 aliphatic heterocycles. The first-order chi connectivity index (χ1) is 26.3. The topological polar surface area (TPSA) is 97.2 Å². The number of rotatable bonds is 14. The number of amides is 1. The smallest absolute Gasteiger partial charge is 0.246 e. The van der Waals surface area contributed by atoms with Crippen LogP contribution in [0.3, 0.4) is 0 Å². The van der Waals surface area contributed by atoms with E-state index in [1.165, 1.54) is 5.56 Å². The van der Waals surface area contributed by atoms with E-state index in [0.717, 1.165) is 53.4 Å². The molecule has 0 atom stereocenters. The fourth-order valence-electron chi connectivity index (χ4n) is 5.83. The molecule has 1 aromatic heterocycles. The number of methoxy groups -OCH3 is 1. The molecule has 54 heavy (non-hydrogen) atoms. The number of hydrogen-bond donors (Lipinski definition) is 0. The Kier molecular flexibility index (Phi) is 13.0. The molecule has 0 unspecified atom stereocenters. The van der Waals surface area contributed by atoms with E-state index < -0.39 is 0 Å². The minimum absolute atomic E-state index is 0.0263. The summed E-state index contributed by atoms with van der Waals surface area (Å²) in [5.74, 6) is 3.04. The predicted octanol–water partition coefficient (Wildman–Crippen LogP) is 8.74. The standard InChI is InChI=1S/C44H41ClN4O5/c1-32-26-37(27-41(45)44(32)54-42-19-18-40(29-47-42)53-31-36-11-7-34(28-46)8-12-36)13-20-43(50)49-23-21-48(22-24-49)30-35-9-5-33(6-10-35)4-3-25-52-39-16-14-38(51-2)15-17-39/h3-20,26-27,29H,21-25,30-31H2,1-2H3/b4-3+,20-13+. The van der Waals surface area contributed by atoms with Crippen LogP contribution < -0.4 is 18.9 Å². The third-order valence-electron chi connectivity index (χ3n) is 8.86. The Bertz CT molecular complexity index is 2080. The Labute approximate surface area is 321 Å². The molecule has 1 fully saturated rings. The number of halogens is 1. The lowest BCUT2D eigenvalue weighted by atomic mass is 10.1. The summed E-state index contributed by atoms with van der Waals surface area (Å²) in [5, 5.41) is 9.37. The molecule has 0 saturated carbocycles. The highest BCUT2D eigenvalue weighted by Crippen LogP contribution is 2.34. The SMILES string of the molecule is COc1ccc(OC/C=C/c2ccc(CN3CCN(C(=O)/C=C/c4cc(C)c(Oc5ccc(OCc6ccc(C#N)cc6)cn5)c(Cl)c4)CC3)cc2)cc1. The fraction of sp³-hybridized carbons (Fsp3) is 0.205. The molecule has 1 amide bonds. The van der Waals surface area contributed by atoms with Crippen molar-refractivity contribution in [3.63, 3.8) is 0 Å². The van der Waals surface area contributed by atoms with E-state index in [-0.39, 0.29) is 5.91 Å². The van der Waals surface area contributed by atoms with Crippen LogP contribution in [0.5, 0.6) is 28.9 Å². The summed E-state index contributed by atoms with van der Waals surface area (Å²) in [7, 11) is 1.64. The van der Waals surface area contributed by atoms with Crippen LogP contribution in [0.2, 0.25) is 5.02 Å². The Morgan fingerprint density at radius 1 is 0.833 bits per heavy atom. The molecule has 0 spiro atoms. The second kappa shape index (κ2) is 18.6. The summed E-state index contributed by atoms with van der Waals surface area (Å²) in [6.07, 6.45) is 9.04. The summed E-state index contributed by atoms with van der Waals surface area (Å²) in [4.78, 5) is 21.7. The monoisotopic (exact) mass is 740 g/mol. The zero-order valence-electron chi connectivity index (χ0n) is 30.3. The number of hydrogen-bond acceptors (Lipinski definition) is 8. The average molecular weight is 741 g/mol. The number of carbonyl (C=O) groups excluding carboxylic acids is 1. The van der Waals surface area contributed by atoms with E-state index in [2.05, 4.69) is 46.3 Å². The molecule has 10 heteroatoms. The van der Waals surface area contributed by atoms with Crippen LogP contribution in [0, 0.1) is 18.3 Å². The van der Waals surface area contributed by atoms with Crippen molar-refractivity contribution in [2.45, 2.75) is 20.1 Å². The van der Waals surface area contributed by atoms with Crippen LogP contribution in [0.25, 0.3) is 12.2 Å². The number of ether oxygens (including phenoxy) is 4. The molecule has 1 aliphatic rings. The predicted molar refractivity (Wildman–Crippen MR) is 211 cm³/mol. The van der Waals surface area contributed by atoms with Gasteiger partial charge in [-0.15, -0.1) is 0 Å². The quantitative estimate of drug-likeness (QED) is 0.104. The van der Waals surface area contributed by atoms with E-state index in [9.17, 15) is 4.79 Å². The molecule has 6 rings (SSSR count). The lowest BCUT2D eigenvalue weighted by Crippen LogP contribution is -2.47. The zero-order valence-corrected chi connectivity index (χ0v) is 31.0. The number of aryl methyl sites for hydroxylation is 1. The number of pyridine rings is 1. The van der Waals surface area contributed by atoms with Crippen LogP contribution in [-0.4, -0.2) is 60.6 Å². The Balaban J connectivity index is 0.924. The lowest BCUT2D eigenvalue weighted by Gasteiger charge is -2.34. The van der Waals surface area contributed by atoms with Gasteiger partial charge in [0.1, 0.15) is 30.5 Å². The van der Waals surface area contributed by atoms with Gasteiger partial charge in [-0.2, -0.15) is 5.26 Å². The summed E-state index contributed by atoms with van der Waals surface area (Å²) in [6, 6.07) is 32.6. The second-order valence-electron chi connectivity index (χ2n) is 12.7. The molecular formula is C44H41ClN4O5. The minimum atomic E-state index is -0.0263. The maximum Gasteiger partial charge on any atom is 0.246 e. The van der Waals surface area contributed by atoms with E-state index >= 15 is 0 Å². The first-order valence-corrected chi connectivity index (χ1v) is 18.0. The molecule has 0 aliphatic carbocycles. The highest BCUT2D eigenvalue weighted by Gasteiger charge is 2.20. The normalized spacial score (nSPS) is 13.2. The first-order valence-electron chi connectivity index (χ1n) is 17.6. The van der Waals surface area contributed by atoms with Crippen molar-refractivity contribution in [3.8, 4) is 34.9 Å². The van der Waals surface area contributed by atoms with Gasteiger partial charge in [0.05, 0.1) is 30.0 Å². The van der Waals surface area contributed by atoms with Crippen LogP contribution in [0.1, 0.15) is 33.4 Å². The summed E-state index contributed by atoms with van der Waals surface area (Å²) in [5.41, 5.74) is 5.52. The van der Waals surface area contributed by atoms with Gasteiger partial charge in [0.25, 0.3) is 0 Å². The Hall–Kier alpha value is -6.08. The van der Waals surface area contributed by atoms with Gasteiger partial charge in [-0.3, -0.25) is 9.69 Å².